The molecule has 0 amide bonds. The van der Waals surface area contributed by atoms with Crippen molar-refractivity contribution < 1.29 is 14.3 Å². The molecule has 0 spiro atoms. The molecule has 0 aliphatic carbocycles. The molecule has 0 aliphatic rings. The topological polar surface area (TPSA) is 43.8 Å². The van der Waals surface area contributed by atoms with Gasteiger partial charge in [0.05, 0.1) is 6.54 Å². The predicted octanol–water partition coefficient (Wildman–Crippen LogP) is 1.93. The van der Waals surface area contributed by atoms with E-state index in [1.807, 2.05) is 19.0 Å². The van der Waals surface area contributed by atoms with Gasteiger partial charge in [-0.2, -0.15) is 0 Å². The Kier molecular flexibility index (Phi) is 6.21. The highest BCUT2D eigenvalue weighted by atomic mass is 35.5. The second-order valence-electron chi connectivity index (χ2n) is 4.64. The van der Waals surface area contributed by atoms with Gasteiger partial charge in [-0.1, -0.05) is 11.6 Å². The van der Waals surface area contributed by atoms with Gasteiger partial charge >= 0.3 is 5.97 Å². The lowest BCUT2D eigenvalue weighted by atomic mass is 10.2. The third-order valence-electron chi connectivity index (χ3n) is 2.62. The first-order valence-electron chi connectivity index (χ1n) is 5.91. The number of carboxylic acid groups (broad SMARTS) is 1. The summed E-state index contributed by atoms with van der Waals surface area (Å²) in [6.07, 6.45) is 0. The number of carbonyl (C=O) groups is 1. The molecule has 0 aliphatic heterocycles. The molecule has 0 radical (unpaired) electrons. The van der Waals surface area contributed by atoms with Crippen LogP contribution in [0.1, 0.15) is 5.56 Å². The third kappa shape index (κ3) is 6.00. The number of aliphatic carboxylic acids is 1. The molecule has 106 valence electrons. The van der Waals surface area contributed by atoms with E-state index in [0.29, 0.717) is 23.7 Å². The number of benzene rings is 1. The summed E-state index contributed by atoms with van der Waals surface area (Å²) in [4.78, 5) is 14.4. The van der Waals surface area contributed by atoms with Gasteiger partial charge in [-0.15, -0.1) is 0 Å². The molecular weight excluding hydrogens is 271 g/mol. The Hall–Kier alpha value is -1.17. The fourth-order valence-corrected chi connectivity index (χ4v) is 1.85. The Labute approximate surface area is 117 Å². The zero-order valence-electron chi connectivity index (χ0n) is 11.1. The fourth-order valence-electron chi connectivity index (χ4n) is 1.65. The number of rotatable bonds is 7. The van der Waals surface area contributed by atoms with Crippen LogP contribution in [-0.4, -0.2) is 54.6 Å². The normalized spacial score (nSPS) is 11.3. The molecule has 1 N–H and O–H groups in total. The van der Waals surface area contributed by atoms with Crippen LogP contribution in [-0.2, 0) is 11.3 Å². The second-order valence-corrected chi connectivity index (χ2v) is 5.08. The first-order chi connectivity index (χ1) is 8.88. The molecule has 0 atom stereocenters. The van der Waals surface area contributed by atoms with Crippen LogP contribution in [0, 0.1) is 5.82 Å². The molecular formula is C13H18ClFN2O2. The van der Waals surface area contributed by atoms with Crippen molar-refractivity contribution in [1.29, 1.82) is 0 Å². The van der Waals surface area contributed by atoms with Crippen LogP contribution in [0.3, 0.4) is 0 Å². The van der Waals surface area contributed by atoms with Crippen LogP contribution in [0.15, 0.2) is 18.2 Å². The first-order valence-corrected chi connectivity index (χ1v) is 6.29. The quantitative estimate of drug-likeness (QED) is 0.833. The maximum Gasteiger partial charge on any atom is 0.317 e. The molecule has 0 heterocycles. The van der Waals surface area contributed by atoms with E-state index in [1.54, 1.807) is 4.90 Å². The van der Waals surface area contributed by atoms with Crippen molar-refractivity contribution in [1.82, 2.24) is 9.80 Å². The smallest absolute Gasteiger partial charge is 0.317 e. The van der Waals surface area contributed by atoms with Gasteiger partial charge in [-0.3, -0.25) is 9.69 Å². The molecule has 4 nitrogen and oxygen atoms in total. The van der Waals surface area contributed by atoms with Gasteiger partial charge in [-0.05, 0) is 32.3 Å². The summed E-state index contributed by atoms with van der Waals surface area (Å²) in [6, 6.07) is 4.30. The van der Waals surface area contributed by atoms with Crippen LogP contribution < -0.4 is 0 Å². The molecule has 1 aromatic carbocycles. The molecule has 0 saturated heterocycles. The maximum absolute atomic E-state index is 13.6. The SMILES string of the molecule is CN(C)CCN(CC(=O)O)Cc1cc(Cl)ccc1F. The Balaban J connectivity index is 2.74. The van der Waals surface area contributed by atoms with E-state index >= 15 is 0 Å². The Morgan fingerprint density at radius 3 is 2.63 bits per heavy atom. The molecule has 0 aromatic heterocycles. The van der Waals surface area contributed by atoms with E-state index in [1.165, 1.54) is 18.2 Å². The average Bonchev–Trinajstić information content (AvgIpc) is 2.30. The van der Waals surface area contributed by atoms with Crippen LogP contribution >= 0.6 is 11.6 Å². The van der Waals surface area contributed by atoms with Crippen molar-refractivity contribution in [3.05, 3.63) is 34.6 Å². The van der Waals surface area contributed by atoms with Gasteiger partial charge in [0.15, 0.2) is 0 Å². The Morgan fingerprint density at radius 2 is 2.05 bits per heavy atom. The lowest BCUT2D eigenvalue weighted by Gasteiger charge is -2.22. The number of hydrogen-bond acceptors (Lipinski definition) is 3. The van der Waals surface area contributed by atoms with Crippen molar-refractivity contribution in [3.8, 4) is 0 Å². The highest BCUT2D eigenvalue weighted by molar-refractivity contribution is 6.30. The zero-order chi connectivity index (χ0) is 14.4. The first kappa shape index (κ1) is 15.9. The summed E-state index contributed by atoms with van der Waals surface area (Å²) in [6.45, 7) is 1.35. The average molecular weight is 289 g/mol. The van der Waals surface area contributed by atoms with Crippen LogP contribution in [0.4, 0.5) is 4.39 Å². The maximum atomic E-state index is 13.6. The molecule has 1 aromatic rings. The summed E-state index contributed by atoms with van der Waals surface area (Å²) in [5.41, 5.74) is 0.410. The van der Waals surface area contributed by atoms with Gasteiger partial charge in [-0.25, -0.2) is 4.39 Å². The number of hydrogen-bond donors (Lipinski definition) is 1. The lowest BCUT2D eigenvalue weighted by Crippen LogP contribution is -2.35. The zero-order valence-corrected chi connectivity index (χ0v) is 11.8. The van der Waals surface area contributed by atoms with Gasteiger partial charge in [0.25, 0.3) is 0 Å². The highest BCUT2D eigenvalue weighted by Crippen LogP contribution is 2.16. The van der Waals surface area contributed by atoms with Crippen molar-refractivity contribution in [2.75, 3.05) is 33.7 Å². The van der Waals surface area contributed by atoms with E-state index in [2.05, 4.69) is 0 Å². The van der Waals surface area contributed by atoms with Crippen molar-refractivity contribution in [2.24, 2.45) is 0 Å². The van der Waals surface area contributed by atoms with E-state index in [9.17, 15) is 9.18 Å². The molecule has 19 heavy (non-hydrogen) atoms. The van der Waals surface area contributed by atoms with Gasteiger partial charge in [0.1, 0.15) is 5.82 Å². The minimum atomic E-state index is -0.929. The van der Waals surface area contributed by atoms with Gasteiger partial charge < -0.3 is 10.0 Å². The van der Waals surface area contributed by atoms with E-state index in [-0.39, 0.29) is 18.9 Å². The highest BCUT2D eigenvalue weighted by Gasteiger charge is 2.13. The fraction of sp³-hybridized carbons (Fsp3) is 0.462. The van der Waals surface area contributed by atoms with Crippen LogP contribution in [0.5, 0.6) is 0 Å². The summed E-state index contributed by atoms with van der Waals surface area (Å²) in [5, 5.41) is 9.32. The summed E-state index contributed by atoms with van der Waals surface area (Å²) < 4.78 is 13.6. The van der Waals surface area contributed by atoms with E-state index in [0.717, 1.165) is 0 Å². The predicted molar refractivity (Wildman–Crippen MR) is 72.9 cm³/mol. The monoisotopic (exact) mass is 288 g/mol. The Bertz CT molecular complexity index is 441. The van der Waals surface area contributed by atoms with Crippen molar-refractivity contribution in [3.63, 3.8) is 0 Å². The van der Waals surface area contributed by atoms with Crippen molar-refractivity contribution >= 4 is 17.6 Å². The van der Waals surface area contributed by atoms with Gasteiger partial charge in [0.2, 0.25) is 0 Å². The van der Waals surface area contributed by atoms with E-state index in [4.69, 9.17) is 16.7 Å². The summed E-state index contributed by atoms with van der Waals surface area (Å²) >= 11 is 5.82. The number of halogens is 2. The summed E-state index contributed by atoms with van der Waals surface area (Å²) in [5.74, 6) is -1.30. The third-order valence-corrected chi connectivity index (χ3v) is 2.86. The minimum absolute atomic E-state index is 0.125. The number of nitrogens with zero attached hydrogens (tertiary/aromatic N) is 2. The summed E-state index contributed by atoms with van der Waals surface area (Å²) in [7, 11) is 3.80. The van der Waals surface area contributed by atoms with Gasteiger partial charge in [0, 0.05) is 30.2 Å². The van der Waals surface area contributed by atoms with Crippen LogP contribution in [0.25, 0.3) is 0 Å². The second kappa shape index (κ2) is 7.43. The van der Waals surface area contributed by atoms with Crippen LogP contribution in [0.2, 0.25) is 5.02 Å². The molecule has 1 rings (SSSR count). The molecule has 0 unspecified atom stereocenters. The molecule has 0 saturated carbocycles. The van der Waals surface area contributed by atoms with Crippen molar-refractivity contribution in [2.45, 2.75) is 6.54 Å². The lowest BCUT2D eigenvalue weighted by molar-refractivity contribution is -0.138. The van der Waals surface area contributed by atoms with E-state index < -0.39 is 5.97 Å². The molecule has 0 bridgehead atoms. The molecule has 0 fully saturated rings. The number of carboxylic acids is 1. The number of likely N-dealkylation sites (N-methyl/N-ethyl adjacent to an activating group) is 1. The standard InChI is InChI=1S/C13H18ClFN2O2/c1-16(2)5-6-17(9-13(18)19)8-10-7-11(14)3-4-12(10)15/h3-4,7H,5-6,8-9H2,1-2H3,(H,18,19). The molecule has 6 heteroatoms. The largest absolute Gasteiger partial charge is 0.480 e. The Morgan fingerprint density at radius 1 is 1.37 bits per heavy atom. The minimum Gasteiger partial charge on any atom is -0.480 e.